The van der Waals surface area contributed by atoms with E-state index in [1.807, 2.05) is 6.92 Å². The fourth-order valence-electron chi connectivity index (χ4n) is 2.80. The molecule has 27 heavy (non-hydrogen) atoms. The van der Waals surface area contributed by atoms with E-state index < -0.39 is 10.0 Å². The molecule has 0 fully saturated rings. The second-order valence-electron chi connectivity index (χ2n) is 5.93. The van der Waals surface area contributed by atoms with E-state index in [-0.39, 0.29) is 4.90 Å². The van der Waals surface area contributed by atoms with Crippen LogP contribution in [0.5, 0.6) is 11.5 Å². The molecule has 0 unspecified atom stereocenters. The summed E-state index contributed by atoms with van der Waals surface area (Å²) in [6.07, 6.45) is 0. The molecule has 0 amide bonds. The maximum absolute atomic E-state index is 13.6. The van der Waals surface area contributed by atoms with Crippen LogP contribution in [-0.2, 0) is 10.0 Å². The Balaban J connectivity index is 2.29. The minimum absolute atomic E-state index is 0.185. The summed E-state index contributed by atoms with van der Waals surface area (Å²) < 4.78 is 39.3. The first-order valence-corrected chi connectivity index (χ1v) is 9.81. The Bertz CT molecular complexity index is 983. The molecule has 3 rings (SSSR count). The molecule has 0 aromatic heterocycles. The smallest absolute Gasteiger partial charge is 0.268 e. The van der Waals surface area contributed by atoms with Gasteiger partial charge in [0.15, 0.2) is 0 Å². The van der Waals surface area contributed by atoms with Crippen molar-refractivity contribution < 1.29 is 17.9 Å². The van der Waals surface area contributed by atoms with Crippen LogP contribution >= 0.6 is 0 Å². The van der Waals surface area contributed by atoms with Gasteiger partial charge >= 0.3 is 0 Å². The van der Waals surface area contributed by atoms with Crippen LogP contribution < -0.4 is 13.8 Å². The second-order valence-corrected chi connectivity index (χ2v) is 7.71. The van der Waals surface area contributed by atoms with E-state index in [2.05, 4.69) is 0 Å². The largest absolute Gasteiger partial charge is 0.495 e. The number of rotatable bonds is 6. The molecule has 0 aliphatic rings. The number of ether oxygens (including phenoxy) is 2. The van der Waals surface area contributed by atoms with Gasteiger partial charge in [-0.15, -0.1) is 0 Å². The summed E-state index contributed by atoms with van der Waals surface area (Å²) in [4.78, 5) is 0.185. The zero-order valence-corrected chi connectivity index (χ0v) is 16.2. The molecular formula is C21H21NO4S. The Kier molecular flexibility index (Phi) is 5.37. The van der Waals surface area contributed by atoms with E-state index in [1.165, 1.54) is 18.5 Å². The van der Waals surface area contributed by atoms with Crippen molar-refractivity contribution in [1.82, 2.24) is 0 Å². The predicted molar refractivity (Wildman–Crippen MR) is 106 cm³/mol. The summed E-state index contributed by atoms with van der Waals surface area (Å²) in [5.74, 6) is 0.887. The zero-order valence-electron chi connectivity index (χ0n) is 15.4. The van der Waals surface area contributed by atoms with Gasteiger partial charge in [-0.05, 0) is 43.3 Å². The third kappa shape index (κ3) is 3.61. The van der Waals surface area contributed by atoms with Gasteiger partial charge < -0.3 is 9.47 Å². The summed E-state index contributed by atoms with van der Waals surface area (Å²) in [5.41, 5.74) is 1.80. The van der Waals surface area contributed by atoms with Gasteiger partial charge in [0.05, 0.1) is 30.5 Å². The Morgan fingerprint density at radius 3 is 1.59 bits per heavy atom. The quantitative estimate of drug-likeness (QED) is 0.627. The van der Waals surface area contributed by atoms with Crippen molar-refractivity contribution in [2.75, 3.05) is 18.5 Å². The van der Waals surface area contributed by atoms with E-state index in [0.717, 1.165) is 5.56 Å². The topological polar surface area (TPSA) is 55.8 Å². The van der Waals surface area contributed by atoms with Crippen molar-refractivity contribution in [2.24, 2.45) is 0 Å². The van der Waals surface area contributed by atoms with Crippen molar-refractivity contribution in [3.05, 3.63) is 78.4 Å². The van der Waals surface area contributed by atoms with E-state index in [4.69, 9.17) is 9.47 Å². The number of nitrogens with zero attached hydrogens (tertiary/aromatic N) is 1. The van der Waals surface area contributed by atoms with Gasteiger partial charge in [-0.2, -0.15) is 0 Å². The molecule has 0 saturated carbocycles. The Labute approximate surface area is 159 Å². The fourth-order valence-corrected chi connectivity index (χ4v) is 4.31. The number of anilines is 2. The van der Waals surface area contributed by atoms with Crippen molar-refractivity contribution in [3.8, 4) is 11.5 Å². The molecule has 140 valence electrons. The lowest BCUT2D eigenvalue weighted by molar-refractivity contribution is 0.413. The van der Waals surface area contributed by atoms with E-state index in [1.54, 1.807) is 72.8 Å². The van der Waals surface area contributed by atoms with Crippen LogP contribution in [0, 0.1) is 6.92 Å². The van der Waals surface area contributed by atoms with Gasteiger partial charge in [-0.3, -0.25) is 0 Å². The highest BCUT2D eigenvalue weighted by Crippen LogP contribution is 2.42. The molecule has 0 radical (unpaired) electrons. The van der Waals surface area contributed by atoms with Crippen LogP contribution in [0.3, 0.4) is 0 Å². The van der Waals surface area contributed by atoms with Gasteiger partial charge in [0.2, 0.25) is 0 Å². The maximum atomic E-state index is 13.6. The van der Waals surface area contributed by atoms with Crippen LogP contribution in [0.1, 0.15) is 5.56 Å². The lowest BCUT2D eigenvalue weighted by atomic mass is 10.2. The van der Waals surface area contributed by atoms with E-state index >= 15 is 0 Å². The number of hydrogen-bond donors (Lipinski definition) is 0. The number of benzene rings is 3. The van der Waals surface area contributed by atoms with E-state index in [9.17, 15) is 8.42 Å². The molecule has 5 nitrogen and oxygen atoms in total. The van der Waals surface area contributed by atoms with Crippen molar-refractivity contribution >= 4 is 21.4 Å². The number of sulfonamides is 1. The summed E-state index contributed by atoms with van der Waals surface area (Å²) in [5, 5.41) is 0. The lowest BCUT2D eigenvalue weighted by Crippen LogP contribution is -2.27. The average Bonchev–Trinajstić information content (AvgIpc) is 2.69. The summed E-state index contributed by atoms with van der Waals surface area (Å²) in [6.45, 7) is 1.91. The van der Waals surface area contributed by atoms with Crippen LogP contribution in [0.2, 0.25) is 0 Å². The maximum Gasteiger partial charge on any atom is 0.268 e. The molecule has 0 saturated heterocycles. The van der Waals surface area contributed by atoms with Crippen molar-refractivity contribution in [2.45, 2.75) is 11.8 Å². The summed E-state index contributed by atoms with van der Waals surface area (Å²) in [7, 11) is -0.893. The first-order valence-electron chi connectivity index (χ1n) is 8.37. The van der Waals surface area contributed by atoms with E-state index in [0.29, 0.717) is 22.9 Å². The van der Waals surface area contributed by atoms with Crippen molar-refractivity contribution in [1.29, 1.82) is 0 Å². The number of aryl methyl sites for hydroxylation is 1. The molecule has 3 aromatic carbocycles. The Hall–Kier alpha value is -2.99. The predicted octanol–water partition coefficient (Wildman–Crippen LogP) is 4.54. The molecule has 0 aliphatic carbocycles. The van der Waals surface area contributed by atoms with Crippen LogP contribution in [0.4, 0.5) is 11.4 Å². The molecule has 3 aromatic rings. The molecular weight excluding hydrogens is 362 g/mol. The van der Waals surface area contributed by atoms with Gasteiger partial charge in [0.25, 0.3) is 10.0 Å². The standard InChI is InChI=1S/C21H21NO4S/c1-16-12-14-17(15-13-16)27(23,24)22(18-8-4-6-10-20(18)25-2)19-9-5-7-11-21(19)26-3/h4-15H,1-3H3. The Morgan fingerprint density at radius 1 is 0.704 bits per heavy atom. The van der Waals surface area contributed by atoms with Gasteiger partial charge in [0, 0.05) is 0 Å². The average molecular weight is 383 g/mol. The number of methoxy groups -OCH3 is 2. The van der Waals surface area contributed by atoms with Crippen LogP contribution in [0.15, 0.2) is 77.7 Å². The highest BCUT2D eigenvalue weighted by atomic mass is 32.2. The van der Waals surface area contributed by atoms with Crippen LogP contribution in [-0.4, -0.2) is 22.6 Å². The molecule has 0 aliphatic heterocycles. The summed E-state index contributed by atoms with van der Waals surface area (Å²) in [6, 6.07) is 20.7. The highest BCUT2D eigenvalue weighted by molar-refractivity contribution is 7.93. The molecule has 0 atom stereocenters. The zero-order chi connectivity index (χ0) is 19.4. The van der Waals surface area contributed by atoms with Gasteiger partial charge in [0.1, 0.15) is 11.5 Å². The van der Waals surface area contributed by atoms with Crippen LogP contribution in [0.25, 0.3) is 0 Å². The third-order valence-corrected chi connectivity index (χ3v) is 5.91. The molecule has 0 heterocycles. The van der Waals surface area contributed by atoms with Gasteiger partial charge in [-0.1, -0.05) is 42.0 Å². The van der Waals surface area contributed by atoms with Gasteiger partial charge in [-0.25, -0.2) is 12.7 Å². The lowest BCUT2D eigenvalue weighted by Gasteiger charge is -2.27. The molecule has 6 heteroatoms. The monoisotopic (exact) mass is 383 g/mol. The number of hydrogen-bond acceptors (Lipinski definition) is 4. The first-order chi connectivity index (χ1) is 13.0. The SMILES string of the molecule is COc1ccccc1N(c1ccccc1OC)S(=O)(=O)c1ccc(C)cc1. The van der Waals surface area contributed by atoms with Crippen molar-refractivity contribution in [3.63, 3.8) is 0 Å². The summed E-state index contributed by atoms with van der Waals surface area (Å²) >= 11 is 0. The molecule has 0 spiro atoms. The normalized spacial score (nSPS) is 11.1. The fraction of sp³-hybridized carbons (Fsp3) is 0.143. The minimum Gasteiger partial charge on any atom is -0.495 e. The Morgan fingerprint density at radius 2 is 1.15 bits per heavy atom. The first kappa shape index (κ1) is 18.8. The minimum atomic E-state index is -3.92. The molecule has 0 bridgehead atoms. The highest BCUT2D eigenvalue weighted by Gasteiger charge is 2.30. The number of para-hydroxylation sites is 4. The molecule has 0 N–H and O–H groups in total. The third-order valence-electron chi connectivity index (χ3n) is 4.17. The second kappa shape index (κ2) is 7.72.